The van der Waals surface area contributed by atoms with Crippen LogP contribution in [0.4, 0.5) is 5.69 Å². The van der Waals surface area contributed by atoms with Gasteiger partial charge in [0, 0.05) is 5.92 Å². The Labute approximate surface area is 148 Å². The van der Waals surface area contributed by atoms with Crippen LogP contribution in [-0.2, 0) is 4.79 Å². The topological polar surface area (TPSA) is 58.2 Å². The van der Waals surface area contributed by atoms with Gasteiger partial charge in [0.2, 0.25) is 5.91 Å². The molecule has 0 aromatic heterocycles. The molecule has 0 bridgehead atoms. The average Bonchev–Trinajstić information content (AvgIpc) is 3.17. The number of hydrogen-bond donors (Lipinski definition) is 2. The standard InChI is InChI=1S/C21H24N2O2/c1-15(16-9-3-2-4-10-16)22-21(25)18-13-7-8-14-19(18)23-20(24)17-11-5-6-12-17/h2-4,7-10,13-15,17H,5-6,11-12H2,1H3,(H,22,25)(H,23,24)/t15-/m0/s1. The van der Waals surface area contributed by atoms with Gasteiger partial charge in [-0.1, -0.05) is 55.3 Å². The molecule has 1 fully saturated rings. The zero-order valence-electron chi connectivity index (χ0n) is 14.5. The predicted molar refractivity (Wildman–Crippen MR) is 99.4 cm³/mol. The Morgan fingerprint density at radius 1 is 0.960 bits per heavy atom. The Balaban J connectivity index is 1.71. The van der Waals surface area contributed by atoms with Crippen molar-refractivity contribution in [3.8, 4) is 0 Å². The molecule has 1 saturated carbocycles. The molecule has 25 heavy (non-hydrogen) atoms. The van der Waals surface area contributed by atoms with Gasteiger partial charge in [-0.05, 0) is 37.5 Å². The maximum Gasteiger partial charge on any atom is 0.253 e. The molecule has 2 amide bonds. The molecule has 0 radical (unpaired) electrons. The summed E-state index contributed by atoms with van der Waals surface area (Å²) in [7, 11) is 0. The molecule has 4 nitrogen and oxygen atoms in total. The molecule has 130 valence electrons. The van der Waals surface area contributed by atoms with Crippen molar-refractivity contribution < 1.29 is 9.59 Å². The smallest absolute Gasteiger partial charge is 0.253 e. The molecule has 2 aromatic carbocycles. The fraction of sp³-hybridized carbons (Fsp3) is 0.333. The maximum atomic E-state index is 12.7. The minimum absolute atomic E-state index is 0.0221. The monoisotopic (exact) mass is 336 g/mol. The van der Waals surface area contributed by atoms with E-state index in [4.69, 9.17) is 0 Å². The van der Waals surface area contributed by atoms with Gasteiger partial charge in [-0.15, -0.1) is 0 Å². The summed E-state index contributed by atoms with van der Waals surface area (Å²) < 4.78 is 0. The van der Waals surface area contributed by atoms with E-state index >= 15 is 0 Å². The van der Waals surface area contributed by atoms with E-state index in [1.807, 2.05) is 49.4 Å². The summed E-state index contributed by atoms with van der Waals surface area (Å²) in [6.45, 7) is 1.95. The highest BCUT2D eigenvalue weighted by molar-refractivity contribution is 6.04. The molecule has 1 atom stereocenters. The number of para-hydroxylation sites is 1. The van der Waals surface area contributed by atoms with E-state index in [0.717, 1.165) is 31.2 Å². The number of hydrogen-bond acceptors (Lipinski definition) is 2. The van der Waals surface area contributed by atoms with Crippen molar-refractivity contribution >= 4 is 17.5 Å². The Morgan fingerprint density at radius 2 is 1.60 bits per heavy atom. The summed E-state index contributed by atoms with van der Waals surface area (Å²) in [5.41, 5.74) is 2.12. The number of amides is 2. The Morgan fingerprint density at radius 3 is 2.32 bits per heavy atom. The lowest BCUT2D eigenvalue weighted by Crippen LogP contribution is -2.28. The quantitative estimate of drug-likeness (QED) is 0.855. The van der Waals surface area contributed by atoms with Gasteiger partial charge < -0.3 is 10.6 Å². The second-order valence-electron chi connectivity index (χ2n) is 6.62. The van der Waals surface area contributed by atoms with Crippen LogP contribution >= 0.6 is 0 Å². The highest BCUT2D eigenvalue weighted by atomic mass is 16.2. The molecular weight excluding hydrogens is 312 g/mol. The minimum Gasteiger partial charge on any atom is -0.345 e. The van der Waals surface area contributed by atoms with E-state index in [9.17, 15) is 9.59 Å². The van der Waals surface area contributed by atoms with Crippen LogP contribution in [0.1, 0.15) is 54.6 Å². The van der Waals surface area contributed by atoms with Crippen LogP contribution in [0.15, 0.2) is 54.6 Å². The first-order valence-corrected chi connectivity index (χ1v) is 8.91. The summed E-state index contributed by atoms with van der Waals surface area (Å²) in [6, 6.07) is 16.9. The highest BCUT2D eigenvalue weighted by Crippen LogP contribution is 2.27. The van der Waals surface area contributed by atoms with E-state index < -0.39 is 0 Å². The van der Waals surface area contributed by atoms with Gasteiger partial charge >= 0.3 is 0 Å². The Hall–Kier alpha value is -2.62. The van der Waals surface area contributed by atoms with Gasteiger partial charge in [-0.2, -0.15) is 0 Å². The zero-order chi connectivity index (χ0) is 17.6. The van der Waals surface area contributed by atoms with Crippen LogP contribution in [-0.4, -0.2) is 11.8 Å². The largest absolute Gasteiger partial charge is 0.345 e. The third-order valence-electron chi connectivity index (χ3n) is 4.80. The third kappa shape index (κ3) is 4.27. The van der Waals surface area contributed by atoms with Crippen LogP contribution in [0.5, 0.6) is 0 Å². The van der Waals surface area contributed by atoms with Crippen molar-refractivity contribution in [2.24, 2.45) is 5.92 Å². The van der Waals surface area contributed by atoms with E-state index in [-0.39, 0.29) is 23.8 Å². The molecular formula is C21H24N2O2. The van der Waals surface area contributed by atoms with Crippen LogP contribution in [0.2, 0.25) is 0 Å². The molecule has 0 spiro atoms. The third-order valence-corrected chi connectivity index (χ3v) is 4.80. The van der Waals surface area contributed by atoms with Crippen LogP contribution in [0, 0.1) is 5.92 Å². The summed E-state index contributed by atoms with van der Waals surface area (Å²) in [5.74, 6) is -0.0908. The van der Waals surface area contributed by atoms with Gasteiger partial charge in [0.1, 0.15) is 0 Å². The zero-order valence-corrected chi connectivity index (χ0v) is 14.5. The summed E-state index contributed by atoms with van der Waals surface area (Å²) in [6.07, 6.45) is 4.08. The molecule has 0 aliphatic heterocycles. The molecule has 0 saturated heterocycles. The van der Waals surface area contributed by atoms with E-state index in [2.05, 4.69) is 10.6 Å². The first-order valence-electron chi connectivity index (χ1n) is 8.91. The Kier molecular flexibility index (Phi) is 5.49. The number of benzene rings is 2. The number of carbonyl (C=O) groups is 2. The second kappa shape index (κ2) is 7.97. The molecule has 3 rings (SSSR count). The molecule has 0 heterocycles. The first kappa shape index (κ1) is 17.2. The summed E-state index contributed by atoms with van der Waals surface area (Å²) in [5, 5.41) is 5.95. The van der Waals surface area contributed by atoms with E-state index in [1.165, 1.54) is 0 Å². The van der Waals surface area contributed by atoms with E-state index in [0.29, 0.717) is 11.3 Å². The molecule has 1 aliphatic carbocycles. The van der Waals surface area contributed by atoms with Gasteiger partial charge in [-0.25, -0.2) is 0 Å². The number of carbonyl (C=O) groups excluding carboxylic acids is 2. The predicted octanol–water partition coefficient (Wildman–Crippen LogP) is 4.31. The summed E-state index contributed by atoms with van der Waals surface area (Å²) in [4.78, 5) is 25.1. The maximum absolute atomic E-state index is 12.7. The average molecular weight is 336 g/mol. The number of anilines is 1. The van der Waals surface area contributed by atoms with Crippen LogP contribution in [0.3, 0.4) is 0 Å². The van der Waals surface area contributed by atoms with Crippen molar-refractivity contribution in [1.82, 2.24) is 5.32 Å². The lowest BCUT2D eigenvalue weighted by atomic mass is 10.1. The van der Waals surface area contributed by atoms with Crippen molar-refractivity contribution in [1.29, 1.82) is 0 Å². The first-order chi connectivity index (χ1) is 12.1. The van der Waals surface area contributed by atoms with Crippen LogP contribution in [0.25, 0.3) is 0 Å². The van der Waals surface area contributed by atoms with Crippen LogP contribution < -0.4 is 10.6 Å². The van der Waals surface area contributed by atoms with Gasteiger partial charge in [-0.3, -0.25) is 9.59 Å². The fourth-order valence-electron chi connectivity index (χ4n) is 3.31. The minimum atomic E-state index is -0.182. The molecule has 2 aromatic rings. The summed E-state index contributed by atoms with van der Waals surface area (Å²) >= 11 is 0. The van der Waals surface area contributed by atoms with Crippen molar-refractivity contribution in [3.63, 3.8) is 0 Å². The van der Waals surface area contributed by atoms with Gasteiger partial charge in [0.05, 0.1) is 17.3 Å². The van der Waals surface area contributed by atoms with Gasteiger partial charge in [0.25, 0.3) is 5.91 Å². The van der Waals surface area contributed by atoms with Crippen molar-refractivity contribution in [3.05, 3.63) is 65.7 Å². The highest BCUT2D eigenvalue weighted by Gasteiger charge is 2.24. The number of rotatable bonds is 5. The lowest BCUT2D eigenvalue weighted by molar-refractivity contribution is -0.119. The molecule has 2 N–H and O–H groups in total. The molecule has 4 heteroatoms. The second-order valence-corrected chi connectivity index (χ2v) is 6.62. The normalized spacial score (nSPS) is 15.6. The fourth-order valence-corrected chi connectivity index (χ4v) is 3.31. The van der Waals surface area contributed by atoms with Crippen molar-refractivity contribution in [2.75, 3.05) is 5.32 Å². The lowest BCUT2D eigenvalue weighted by Gasteiger charge is -2.17. The number of nitrogens with one attached hydrogen (secondary N) is 2. The van der Waals surface area contributed by atoms with E-state index in [1.54, 1.807) is 12.1 Å². The van der Waals surface area contributed by atoms with Gasteiger partial charge in [0.15, 0.2) is 0 Å². The molecule has 1 aliphatic rings. The SMILES string of the molecule is C[C@H](NC(=O)c1ccccc1NC(=O)C1CCCC1)c1ccccc1. The van der Waals surface area contributed by atoms with Crippen molar-refractivity contribution in [2.45, 2.75) is 38.6 Å². The Bertz CT molecular complexity index is 737. The molecule has 0 unspecified atom stereocenters.